The summed E-state index contributed by atoms with van der Waals surface area (Å²) in [5.74, 6) is 0.459. The van der Waals surface area contributed by atoms with E-state index in [1.165, 1.54) is 0 Å². The summed E-state index contributed by atoms with van der Waals surface area (Å²) in [6, 6.07) is 11.3. The van der Waals surface area contributed by atoms with Gasteiger partial charge in [-0.1, -0.05) is 23.7 Å². The largest absolute Gasteiger partial charge is 0.382 e. The fourth-order valence-corrected chi connectivity index (χ4v) is 2.11. The Morgan fingerprint density at radius 3 is 2.53 bits per heavy atom. The van der Waals surface area contributed by atoms with Gasteiger partial charge in [0.15, 0.2) is 5.82 Å². The topological polar surface area (TPSA) is 67.6 Å². The van der Waals surface area contributed by atoms with E-state index in [9.17, 15) is 0 Å². The van der Waals surface area contributed by atoms with Gasteiger partial charge in [0, 0.05) is 23.0 Å². The van der Waals surface area contributed by atoms with Gasteiger partial charge < -0.3 is 5.73 Å². The van der Waals surface area contributed by atoms with Gasteiger partial charge in [0.25, 0.3) is 0 Å². The highest BCUT2D eigenvalue weighted by Gasteiger charge is 2.14. The third-order valence-electron chi connectivity index (χ3n) is 2.88. The van der Waals surface area contributed by atoms with Gasteiger partial charge in [0.05, 0.1) is 11.3 Å². The maximum atomic E-state index is 5.95. The highest BCUT2D eigenvalue weighted by atomic mass is 35.5. The van der Waals surface area contributed by atoms with Gasteiger partial charge in [-0.2, -0.15) is 5.10 Å². The Kier molecular flexibility index (Phi) is 2.93. The summed E-state index contributed by atoms with van der Waals surface area (Å²) >= 11 is 5.90. The molecule has 0 aliphatic rings. The zero-order chi connectivity index (χ0) is 13.2. The second-order valence-electron chi connectivity index (χ2n) is 4.11. The molecule has 2 aromatic heterocycles. The highest BCUT2D eigenvalue weighted by molar-refractivity contribution is 6.30. The normalized spacial score (nSPS) is 10.6. The average molecular weight is 271 g/mol. The molecule has 0 unspecified atom stereocenters. The molecule has 0 atom stereocenters. The number of halogens is 1. The number of aromatic nitrogens is 3. The summed E-state index contributed by atoms with van der Waals surface area (Å²) in [6.45, 7) is 0. The molecule has 0 fully saturated rings. The predicted octanol–water partition coefficient (Wildman–Crippen LogP) is 3.37. The Morgan fingerprint density at radius 2 is 1.84 bits per heavy atom. The van der Waals surface area contributed by atoms with Crippen LogP contribution in [0.5, 0.6) is 0 Å². The molecule has 0 spiro atoms. The van der Waals surface area contributed by atoms with Crippen molar-refractivity contribution in [2.45, 2.75) is 0 Å². The fraction of sp³-hybridized carbons (Fsp3) is 0. The molecular formula is C14H11ClN4. The van der Waals surface area contributed by atoms with Gasteiger partial charge in [-0.3, -0.25) is 10.1 Å². The standard InChI is InChI=1S/C14H11ClN4/c15-11-5-3-9(4-6-11)12-13(18-19-14(12)16)10-2-1-7-17-8-10/h1-8H,(H3,16,18,19). The van der Waals surface area contributed by atoms with Crippen molar-refractivity contribution < 1.29 is 0 Å². The number of pyridine rings is 1. The van der Waals surface area contributed by atoms with Gasteiger partial charge in [0.1, 0.15) is 0 Å². The predicted molar refractivity (Wildman–Crippen MR) is 76.7 cm³/mol. The average Bonchev–Trinajstić information content (AvgIpc) is 2.83. The Morgan fingerprint density at radius 1 is 1.05 bits per heavy atom. The van der Waals surface area contributed by atoms with E-state index in [0.29, 0.717) is 10.8 Å². The lowest BCUT2D eigenvalue weighted by Gasteiger charge is -2.04. The molecule has 3 aromatic rings. The van der Waals surface area contributed by atoms with Crippen molar-refractivity contribution in [2.24, 2.45) is 0 Å². The molecule has 4 nitrogen and oxygen atoms in total. The molecule has 94 valence electrons. The summed E-state index contributed by atoms with van der Waals surface area (Å²) < 4.78 is 0. The van der Waals surface area contributed by atoms with Crippen LogP contribution in [-0.2, 0) is 0 Å². The van der Waals surface area contributed by atoms with Crippen LogP contribution in [0.2, 0.25) is 5.02 Å². The van der Waals surface area contributed by atoms with E-state index in [1.807, 2.05) is 36.4 Å². The number of nitrogens with zero attached hydrogens (tertiary/aromatic N) is 2. The van der Waals surface area contributed by atoms with E-state index in [-0.39, 0.29) is 0 Å². The van der Waals surface area contributed by atoms with Crippen LogP contribution in [0.15, 0.2) is 48.8 Å². The molecule has 0 radical (unpaired) electrons. The number of nitrogens with one attached hydrogen (secondary N) is 1. The van der Waals surface area contributed by atoms with E-state index < -0.39 is 0 Å². The van der Waals surface area contributed by atoms with Crippen LogP contribution in [0.1, 0.15) is 0 Å². The first-order valence-electron chi connectivity index (χ1n) is 5.76. The molecule has 0 bridgehead atoms. The van der Waals surface area contributed by atoms with Crippen molar-refractivity contribution >= 4 is 17.4 Å². The maximum absolute atomic E-state index is 5.95. The van der Waals surface area contributed by atoms with Crippen molar-refractivity contribution in [2.75, 3.05) is 5.73 Å². The number of hydrogen-bond acceptors (Lipinski definition) is 3. The summed E-state index contributed by atoms with van der Waals surface area (Å²) in [7, 11) is 0. The number of benzene rings is 1. The van der Waals surface area contributed by atoms with Gasteiger partial charge >= 0.3 is 0 Å². The molecule has 1 aromatic carbocycles. The number of nitrogens with two attached hydrogens (primary N) is 1. The van der Waals surface area contributed by atoms with Gasteiger partial charge in [-0.25, -0.2) is 0 Å². The van der Waals surface area contributed by atoms with E-state index in [2.05, 4.69) is 15.2 Å². The minimum atomic E-state index is 0.459. The number of rotatable bonds is 2. The van der Waals surface area contributed by atoms with E-state index in [0.717, 1.165) is 22.4 Å². The Bertz CT molecular complexity index is 689. The minimum absolute atomic E-state index is 0.459. The zero-order valence-electron chi connectivity index (χ0n) is 9.97. The Hall–Kier alpha value is -2.33. The molecule has 0 aliphatic heterocycles. The monoisotopic (exact) mass is 270 g/mol. The smallest absolute Gasteiger partial charge is 0.153 e. The lowest BCUT2D eigenvalue weighted by Crippen LogP contribution is -1.89. The second kappa shape index (κ2) is 4.74. The number of H-pyrrole nitrogens is 1. The SMILES string of the molecule is Nc1n[nH]c(-c2cccnc2)c1-c1ccc(Cl)cc1. The molecule has 3 rings (SSSR count). The zero-order valence-corrected chi connectivity index (χ0v) is 10.7. The first kappa shape index (κ1) is 11.7. The van der Waals surface area contributed by atoms with Crippen molar-refractivity contribution in [3.63, 3.8) is 0 Å². The van der Waals surface area contributed by atoms with Crippen LogP contribution in [0.3, 0.4) is 0 Å². The van der Waals surface area contributed by atoms with E-state index in [4.69, 9.17) is 17.3 Å². The summed E-state index contributed by atoms with van der Waals surface area (Å²) in [5, 5.41) is 7.73. The fourth-order valence-electron chi connectivity index (χ4n) is 1.98. The molecule has 5 heteroatoms. The molecule has 0 amide bonds. The Balaban J connectivity index is 2.17. The molecule has 0 saturated carbocycles. The van der Waals surface area contributed by atoms with Gasteiger partial charge in [-0.15, -0.1) is 0 Å². The lowest BCUT2D eigenvalue weighted by atomic mass is 10.0. The molecule has 2 heterocycles. The molecule has 19 heavy (non-hydrogen) atoms. The first-order chi connectivity index (χ1) is 9.25. The number of nitrogen functional groups attached to an aromatic ring is 1. The second-order valence-corrected chi connectivity index (χ2v) is 4.54. The Labute approximate surface area is 115 Å². The van der Waals surface area contributed by atoms with E-state index in [1.54, 1.807) is 12.4 Å². The van der Waals surface area contributed by atoms with Crippen LogP contribution in [0.4, 0.5) is 5.82 Å². The van der Waals surface area contributed by atoms with E-state index >= 15 is 0 Å². The van der Waals surface area contributed by atoms with Crippen molar-refractivity contribution in [1.82, 2.24) is 15.2 Å². The molecule has 0 saturated heterocycles. The maximum Gasteiger partial charge on any atom is 0.153 e. The minimum Gasteiger partial charge on any atom is -0.382 e. The van der Waals surface area contributed by atoms with Crippen LogP contribution in [0.25, 0.3) is 22.4 Å². The number of hydrogen-bond donors (Lipinski definition) is 2. The third-order valence-corrected chi connectivity index (χ3v) is 3.13. The van der Waals surface area contributed by atoms with Crippen LogP contribution in [0, 0.1) is 0 Å². The number of anilines is 1. The number of aromatic amines is 1. The van der Waals surface area contributed by atoms with Crippen molar-refractivity contribution in [3.8, 4) is 22.4 Å². The molecule has 3 N–H and O–H groups in total. The third kappa shape index (κ3) is 2.18. The summed E-state index contributed by atoms with van der Waals surface area (Å²) in [6.07, 6.45) is 3.50. The van der Waals surface area contributed by atoms with Crippen LogP contribution in [-0.4, -0.2) is 15.2 Å². The van der Waals surface area contributed by atoms with Gasteiger partial charge in [0.2, 0.25) is 0 Å². The molecule has 0 aliphatic carbocycles. The lowest BCUT2D eigenvalue weighted by molar-refractivity contribution is 1.10. The highest BCUT2D eigenvalue weighted by Crippen LogP contribution is 2.34. The first-order valence-corrected chi connectivity index (χ1v) is 6.13. The van der Waals surface area contributed by atoms with Crippen molar-refractivity contribution in [1.29, 1.82) is 0 Å². The van der Waals surface area contributed by atoms with Crippen molar-refractivity contribution in [3.05, 3.63) is 53.8 Å². The van der Waals surface area contributed by atoms with Crippen LogP contribution >= 0.6 is 11.6 Å². The summed E-state index contributed by atoms with van der Waals surface area (Å²) in [4.78, 5) is 4.11. The quantitative estimate of drug-likeness (QED) is 0.750. The summed E-state index contributed by atoms with van der Waals surface area (Å²) in [5.41, 5.74) is 9.58. The van der Waals surface area contributed by atoms with Gasteiger partial charge in [-0.05, 0) is 29.8 Å². The van der Waals surface area contributed by atoms with Crippen LogP contribution < -0.4 is 5.73 Å². The molecular weight excluding hydrogens is 260 g/mol.